The van der Waals surface area contributed by atoms with Crippen LogP contribution in [-0.4, -0.2) is 19.0 Å². The SMILES string of the molecule is CC(CN)CNC(=O)c1cccc(OCc2ccc(Cl)cc2)c1. The minimum absolute atomic E-state index is 0.123. The van der Waals surface area contributed by atoms with Crippen LogP contribution in [0.15, 0.2) is 48.5 Å². The van der Waals surface area contributed by atoms with E-state index in [1.807, 2.05) is 37.3 Å². The molecule has 0 aliphatic carbocycles. The number of nitrogens with two attached hydrogens (primary N) is 1. The molecule has 1 amide bonds. The Labute approximate surface area is 141 Å². The molecule has 0 heterocycles. The Morgan fingerprint density at radius 2 is 2.00 bits per heavy atom. The Bertz CT molecular complexity index is 644. The number of ether oxygens (including phenoxy) is 1. The molecular formula is C18H21ClN2O2. The molecule has 0 saturated carbocycles. The second-order valence-corrected chi connectivity index (χ2v) is 5.93. The summed E-state index contributed by atoms with van der Waals surface area (Å²) >= 11 is 5.85. The van der Waals surface area contributed by atoms with E-state index in [-0.39, 0.29) is 11.8 Å². The van der Waals surface area contributed by atoms with Crippen LogP contribution in [0.5, 0.6) is 5.75 Å². The predicted molar refractivity (Wildman–Crippen MR) is 92.8 cm³/mol. The summed E-state index contributed by atoms with van der Waals surface area (Å²) in [7, 11) is 0. The molecule has 122 valence electrons. The highest BCUT2D eigenvalue weighted by molar-refractivity contribution is 6.30. The number of hydrogen-bond acceptors (Lipinski definition) is 3. The maximum atomic E-state index is 12.1. The first-order chi connectivity index (χ1) is 11.1. The molecule has 3 N–H and O–H groups in total. The van der Waals surface area contributed by atoms with Gasteiger partial charge in [0, 0.05) is 17.1 Å². The first kappa shape index (κ1) is 17.3. The topological polar surface area (TPSA) is 64.3 Å². The van der Waals surface area contributed by atoms with Crippen molar-refractivity contribution in [2.75, 3.05) is 13.1 Å². The van der Waals surface area contributed by atoms with E-state index in [1.54, 1.807) is 18.2 Å². The maximum Gasteiger partial charge on any atom is 0.251 e. The highest BCUT2D eigenvalue weighted by Gasteiger charge is 2.08. The van der Waals surface area contributed by atoms with E-state index >= 15 is 0 Å². The molecule has 2 aromatic rings. The van der Waals surface area contributed by atoms with Crippen molar-refractivity contribution in [3.05, 3.63) is 64.7 Å². The van der Waals surface area contributed by atoms with Gasteiger partial charge in [0.1, 0.15) is 12.4 Å². The van der Waals surface area contributed by atoms with Crippen molar-refractivity contribution >= 4 is 17.5 Å². The summed E-state index contributed by atoms with van der Waals surface area (Å²) < 4.78 is 5.73. The largest absolute Gasteiger partial charge is 0.489 e. The molecule has 0 bridgehead atoms. The van der Waals surface area contributed by atoms with Crippen molar-refractivity contribution in [1.82, 2.24) is 5.32 Å². The fourth-order valence-corrected chi connectivity index (χ4v) is 2.05. The maximum absolute atomic E-state index is 12.1. The van der Waals surface area contributed by atoms with Gasteiger partial charge in [0.2, 0.25) is 0 Å². The Hall–Kier alpha value is -2.04. The van der Waals surface area contributed by atoms with Gasteiger partial charge in [-0.3, -0.25) is 4.79 Å². The van der Waals surface area contributed by atoms with Crippen LogP contribution < -0.4 is 15.8 Å². The van der Waals surface area contributed by atoms with Crippen molar-refractivity contribution < 1.29 is 9.53 Å². The molecule has 23 heavy (non-hydrogen) atoms. The summed E-state index contributed by atoms with van der Waals surface area (Å²) in [6.07, 6.45) is 0. The van der Waals surface area contributed by atoms with E-state index < -0.39 is 0 Å². The quantitative estimate of drug-likeness (QED) is 0.818. The van der Waals surface area contributed by atoms with Gasteiger partial charge < -0.3 is 15.8 Å². The van der Waals surface area contributed by atoms with Crippen LogP contribution in [0.4, 0.5) is 0 Å². The number of amides is 1. The molecule has 0 aliphatic heterocycles. The van der Waals surface area contributed by atoms with Crippen molar-refractivity contribution in [2.45, 2.75) is 13.5 Å². The Morgan fingerprint density at radius 3 is 2.70 bits per heavy atom. The van der Waals surface area contributed by atoms with Gasteiger partial charge in [-0.15, -0.1) is 0 Å². The normalized spacial score (nSPS) is 11.8. The summed E-state index contributed by atoms with van der Waals surface area (Å²) in [6.45, 7) is 3.52. The zero-order chi connectivity index (χ0) is 16.7. The minimum Gasteiger partial charge on any atom is -0.489 e. The van der Waals surface area contributed by atoms with Crippen LogP contribution in [0.1, 0.15) is 22.8 Å². The van der Waals surface area contributed by atoms with Crippen molar-refractivity contribution in [3.8, 4) is 5.75 Å². The lowest BCUT2D eigenvalue weighted by molar-refractivity contribution is 0.0948. The zero-order valence-electron chi connectivity index (χ0n) is 13.1. The summed E-state index contributed by atoms with van der Waals surface area (Å²) in [5.41, 5.74) is 7.13. The molecule has 0 aromatic heterocycles. The van der Waals surface area contributed by atoms with Gasteiger partial charge in [0.05, 0.1) is 0 Å². The molecule has 4 nitrogen and oxygen atoms in total. The Balaban J connectivity index is 1.93. The van der Waals surface area contributed by atoms with Crippen LogP contribution in [0.2, 0.25) is 5.02 Å². The van der Waals surface area contributed by atoms with Gasteiger partial charge >= 0.3 is 0 Å². The fraction of sp³-hybridized carbons (Fsp3) is 0.278. The number of carbonyl (C=O) groups excluding carboxylic acids is 1. The van der Waals surface area contributed by atoms with E-state index in [4.69, 9.17) is 22.1 Å². The van der Waals surface area contributed by atoms with Gasteiger partial charge in [0.15, 0.2) is 0 Å². The average Bonchev–Trinajstić information content (AvgIpc) is 2.59. The van der Waals surface area contributed by atoms with E-state index in [2.05, 4.69) is 5.32 Å². The molecule has 2 aromatic carbocycles. The number of hydrogen-bond donors (Lipinski definition) is 2. The lowest BCUT2D eigenvalue weighted by Crippen LogP contribution is -2.31. The Morgan fingerprint density at radius 1 is 1.26 bits per heavy atom. The van der Waals surface area contributed by atoms with Gasteiger partial charge in [0.25, 0.3) is 5.91 Å². The number of carbonyl (C=O) groups is 1. The third-order valence-electron chi connectivity index (χ3n) is 3.43. The van der Waals surface area contributed by atoms with E-state index in [0.717, 1.165) is 5.56 Å². The molecule has 0 saturated heterocycles. The van der Waals surface area contributed by atoms with E-state index in [0.29, 0.717) is 36.0 Å². The second-order valence-electron chi connectivity index (χ2n) is 5.49. The molecule has 0 radical (unpaired) electrons. The van der Waals surface area contributed by atoms with E-state index in [1.165, 1.54) is 0 Å². The number of halogens is 1. The smallest absolute Gasteiger partial charge is 0.251 e. The molecule has 0 aliphatic rings. The van der Waals surface area contributed by atoms with Crippen molar-refractivity contribution in [1.29, 1.82) is 0 Å². The lowest BCUT2D eigenvalue weighted by Gasteiger charge is -2.11. The van der Waals surface area contributed by atoms with Crippen LogP contribution >= 0.6 is 11.6 Å². The average molecular weight is 333 g/mol. The molecule has 5 heteroatoms. The number of benzene rings is 2. The summed E-state index contributed by atoms with van der Waals surface area (Å²) in [5, 5.41) is 3.56. The third kappa shape index (κ3) is 5.58. The van der Waals surface area contributed by atoms with Crippen LogP contribution in [0, 0.1) is 5.92 Å². The number of rotatable bonds is 7. The molecule has 0 fully saturated rings. The first-order valence-electron chi connectivity index (χ1n) is 7.54. The predicted octanol–water partition coefficient (Wildman–Crippen LogP) is 3.24. The van der Waals surface area contributed by atoms with Gasteiger partial charge in [-0.25, -0.2) is 0 Å². The third-order valence-corrected chi connectivity index (χ3v) is 3.68. The highest BCUT2D eigenvalue weighted by Crippen LogP contribution is 2.16. The summed E-state index contributed by atoms with van der Waals surface area (Å²) in [5.74, 6) is 0.782. The molecular weight excluding hydrogens is 312 g/mol. The monoisotopic (exact) mass is 332 g/mol. The highest BCUT2D eigenvalue weighted by atomic mass is 35.5. The Kier molecular flexibility index (Phi) is 6.44. The second kappa shape index (κ2) is 8.56. The zero-order valence-corrected chi connectivity index (χ0v) is 13.8. The molecule has 0 spiro atoms. The first-order valence-corrected chi connectivity index (χ1v) is 7.92. The van der Waals surface area contributed by atoms with E-state index in [9.17, 15) is 4.79 Å². The van der Waals surface area contributed by atoms with Crippen molar-refractivity contribution in [2.24, 2.45) is 11.7 Å². The van der Waals surface area contributed by atoms with Gasteiger partial charge in [-0.1, -0.05) is 36.7 Å². The summed E-state index contributed by atoms with van der Waals surface area (Å²) in [4.78, 5) is 12.1. The van der Waals surface area contributed by atoms with Crippen LogP contribution in [-0.2, 0) is 6.61 Å². The number of nitrogens with one attached hydrogen (secondary N) is 1. The standard InChI is InChI=1S/C18H21ClN2O2/c1-13(10-20)11-21-18(22)15-3-2-4-17(9-15)23-12-14-5-7-16(19)8-6-14/h2-9,13H,10-12,20H2,1H3,(H,21,22). The molecule has 2 rings (SSSR count). The van der Waals surface area contributed by atoms with Crippen LogP contribution in [0.25, 0.3) is 0 Å². The fourth-order valence-electron chi connectivity index (χ4n) is 1.93. The minimum atomic E-state index is -0.123. The van der Waals surface area contributed by atoms with Gasteiger partial charge in [-0.05, 0) is 48.4 Å². The molecule has 1 unspecified atom stereocenters. The lowest BCUT2D eigenvalue weighted by atomic mass is 10.1. The van der Waals surface area contributed by atoms with Crippen molar-refractivity contribution in [3.63, 3.8) is 0 Å². The van der Waals surface area contributed by atoms with Crippen LogP contribution in [0.3, 0.4) is 0 Å². The summed E-state index contributed by atoms with van der Waals surface area (Å²) in [6, 6.07) is 14.6. The molecule has 1 atom stereocenters. The van der Waals surface area contributed by atoms with Gasteiger partial charge in [-0.2, -0.15) is 0 Å².